The Bertz CT molecular complexity index is 1080. The van der Waals surface area contributed by atoms with Crippen LogP contribution in [0.4, 0.5) is 10.5 Å². The molecule has 2 N–H and O–H groups in total. The zero-order chi connectivity index (χ0) is 20.1. The number of amides is 2. The number of hydrogen-bond acceptors (Lipinski definition) is 4. The highest BCUT2D eigenvalue weighted by Gasteiger charge is 2.23. The van der Waals surface area contributed by atoms with Crippen LogP contribution in [0.5, 0.6) is 0 Å². The number of aromatic nitrogens is 2. The van der Waals surface area contributed by atoms with Crippen molar-refractivity contribution in [1.29, 1.82) is 0 Å². The Morgan fingerprint density at radius 2 is 1.52 bits per heavy atom. The quantitative estimate of drug-likeness (QED) is 0.473. The Morgan fingerprint density at radius 1 is 0.862 bits per heavy atom. The Kier molecular flexibility index (Phi) is 5.54. The summed E-state index contributed by atoms with van der Waals surface area (Å²) in [4.78, 5) is 12.6. The number of benzene rings is 3. The fourth-order valence-electron chi connectivity index (χ4n) is 2.81. The molecule has 4 rings (SSSR count). The number of urea groups is 1. The number of carbonyl (C=O) groups excluding carboxylic acids is 1. The van der Waals surface area contributed by atoms with E-state index in [1.165, 1.54) is 0 Å². The molecule has 0 fully saturated rings. The molecule has 0 saturated heterocycles. The second-order valence-corrected chi connectivity index (χ2v) is 6.70. The van der Waals surface area contributed by atoms with Crippen LogP contribution in [-0.4, -0.2) is 16.2 Å². The van der Waals surface area contributed by atoms with Gasteiger partial charge in [0, 0.05) is 16.3 Å². The molecule has 4 aromatic rings. The van der Waals surface area contributed by atoms with Crippen molar-refractivity contribution in [3.8, 4) is 11.5 Å². The largest absolute Gasteiger partial charge is 0.418 e. The first-order chi connectivity index (χ1) is 14.2. The molecular formula is C22H17ClN4O2. The van der Waals surface area contributed by atoms with Crippen molar-refractivity contribution in [3.63, 3.8) is 0 Å². The lowest BCUT2D eigenvalue weighted by Crippen LogP contribution is -2.33. The monoisotopic (exact) mass is 404 g/mol. The normalized spacial score (nSPS) is 11.6. The predicted molar refractivity (Wildman–Crippen MR) is 112 cm³/mol. The molecule has 3 aromatic carbocycles. The van der Waals surface area contributed by atoms with E-state index in [-0.39, 0.29) is 5.89 Å². The van der Waals surface area contributed by atoms with Crippen LogP contribution in [0.1, 0.15) is 17.5 Å². The lowest BCUT2D eigenvalue weighted by molar-refractivity contribution is 0.248. The van der Waals surface area contributed by atoms with Gasteiger partial charge in [0.2, 0.25) is 11.8 Å². The molecule has 0 aliphatic carbocycles. The van der Waals surface area contributed by atoms with Crippen LogP contribution >= 0.6 is 11.6 Å². The van der Waals surface area contributed by atoms with E-state index in [1.807, 2.05) is 60.7 Å². The fraction of sp³-hybridized carbons (Fsp3) is 0.0455. The van der Waals surface area contributed by atoms with E-state index in [0.717, 1.165) is 11.1 Å². The van der Waals surface area contributed by atoms with Gasteiger partial charge in [-0.25, -0.2) is 4.79 Å². The van der Waals surface area contributed by atoms with Crippen LogP contribution in [-0.2, 0) is 0 Å². The molecule has 0 aliphatic heterocycles. The molecule has 0 aliphatic rings. The van der Waals surface area contributed by atoms with E-state index < -0.39 is 12.1 Å². The molecule has 0 saturated carbocycles. The number of nitrogens with zero attached hydrogens (tertiary/aromatic N) is 2. The topological polar surface area (TPSA) is 80.0 Å². The zero-order valence-electron chi connectivity index (χ0n) is 15.2. The molecule has 29 heavy (non-hydrogen) atoms. The minimum Gasteiger partial charge on any atom is -0.418 e. The highest BCUT2D eigenvalue weighted by molar-refractivity contribution is 6.30. The summed E-state index contributed by atoms with van der Waals surface area (Å²) in [7, 11) is 0. The van der Waals surface area contributed by atoms with Gasteiger partial charge in [-0.1, -0.05) is 60.1 Å². The second kappa shape index (κ2) is 8.58. The smallest absolute Gasteiger partial charge is 0.320 e. The van der Waals surface area contributed by atoms with E-state index >= 15 is 0 Å². The van der Waals surface area contributed by atoms with Crippen molar-refractivity contribution < 1.29 is 9.21 Å². The molecule has 0 unspecified atom stereocenters. The van der Waals surface area contributed by atoms with Gasteiger partial charge in [0.15, 0.2) is 0 Å². The first-order valence-electron chi connectivity index (χ1n) is 8.96. The average molecular weight is 405 g/mol. The van der Waals surface area contributed by atoms with Crippen molar-refractivity contribution in [2.24, 2.45) is 0 Å². The van der Waals surface area contributed by atoms with Gasteiger partial charge in [-0.05, 0) is 42.0 Å². The van der Waals surface area contributed by atoms with Gasteiger partial charge in [-0.2, -0.15) is 0 Å². The van der Waals surface area contributed by atoms with E-state index in [4.69, 9.17) is 16.0 Å². The molecule has 0 bridgehead atoms. The van der Waals surface area contributed by atoms with Gasteiger partial charge < -0.3 is 15.1 Å². The van der Waals surface area contributed by atoms with Crippen molar-refractivity contribution in [2.45, 2.75) is 6.04 Å². The van der Waals surface area contributed by atoms with Gasteiger partial charge in [0.25, 0.3) is 0 Å². The lowest BCUT2D eigenvalue weighted by atomic mass is 10.1. The van der Waals surface area contributed by atoms with Gasteiger partial charge in [0.1, 0.15) is 6.04 Å². The number of rotatable bonds is 5. The molecule has 6 nitrogen and oxygen atoms in total. The molecule has 1 aromatic heterocycles. The maximum atomic E-state index is 12.6. The third-order valence-corrected chi connectivity index (χ3v) is 4.47. The summed E-state index contributed by atoms with van der Waals surface area (Å²) in [6, 6.07) is 24.7. The van der Waals surface area contributed by atoms with E-state index in [1.54, 1.807) is 24.3 Å². The van der Waals surface area contributed by atoms with Gasteiger partial charge in [-0.15, -0.1) is 10.2 Å². The Morgan fingerprint density at radius 3 is 2.21 bits per heavy atom. The van der Waals surface area contributed by atoms with Crippen molar-refractivity contribution in [3.05, 3.63) is 101 Å². The van der Waals surface area contributed by atoms with Crippen molar-refractivity contribution >= 4 is 23.3 Å². The summed E-state index contributed by atoms with van der Waals surface area (Å²) in [6.07, 6.45) is 0. The summed E-state index contributed by atoms with van der Waals surface area (Å²) >= 11 is 6.01. The molecular weight excluding hydrogens is 388 g/mol. The molecule has 1 heterocycles. The fourth-order valence-corrected chi connectivity index (χ4v) is 2.94. The number of carbonyl (C=O) groups is 1. The Balaban J connectivity index is 1.61. The number of nitrogens with one attached hydrogen (secondary N) is 2. The molecule has 2 amide bonds. The zero-order valence-corrected chi connectivity index (χ0v) is 16.0. The summed E-state index contributed by atoms with van der Waals surface area (Å²) in [5, 5.41) is 14.6. The highest BCUT2D eigenvalue weighted by atomic mass is 35.5. The minimum absolute atomic E-state index is 0.273. The van der Waals surface area contributed by atoms with Gasteiger partial charge >= 0.3 is 6.03 Å². The van der Waals surface area contributed by atoms with Crippen LogP contribution in [0.3, 0.4) is 0 Å². The summed E-state index contributed by atoms with van der Waals surface area (Å²) in [5.41, 5.74) is 2.24. The van der Waals surface area contributed by atoms with Crippen LogP contribution in [0.25, 0.3) is 11.5 Å². The maximum absolute atomic E-state index is 12.6. The summed E-state index contributed by atoms with van der Waals surface area (Å²) in [5.74, 6) is 0.652. The number of para-hydroxylation sites is 1. The number of anilines is 1. The van der Waals surface area contributed by atoms with Crippen molar-refractivity contribution in [1.82, 2.24) is 15.5 Å². The van der Waals surface area contributed by atoms with Crippen LogP contribution < -0.4 is 10.6 Å². The molecule has 1 atom stereocenters. The molecule has 144 valence electrons. The van der Waals surface area contributed by atoms with Crippen LogP contribution in [0.15, 0.2) is 89.3 Å². The summed E-state index contributed by atoms with van der Waals surface area (Å²) in [6.45, 7) is 0. The van der Waals surface area contributed by atoms with Gasteiger partial charge in [-0.3, -0.25) is 0 Å². The van der Waals surface area contributed by atoms with Crippen LogP contribution in [0.2, 0.25) is 5.02 Å². The second-order valence-electron chi connectivity index (χ2n) is 6.26. The maximum Gasteiger partial charge on any atom is 0.320 e. The third-order valence-electron chi connectivity index (χ3n) is 4.22. The lowest BCUT2D eigenvalue weighted by Gasteiger charge is -2.16. The Labute approximate surface area is 172 Å². The highest BCUT2D eigenvalue weighted by Crippen LogP contribution is 2.26. The van der Waals surface area contributed by atoms with Crippen LogP contribution in [0, 0.1) is 0 Å². The van der Waals surface area contributed by atoms with Crippen molar-refractivity contribution in [2.75, 3.05) is 5.32 Å². The first kappa shape index (κ1) is 18.7. The van der Waals surface area contributed by atoms with E-state index in [9.17, 15) is 4.79 Å². The third kappa shape index (κ3) is 4.62. The molecule has 0 spiro atoms. The first-order valence-corrected chi connectivity index (χ1v) is 9.34. The SMILES string of the molecule is O=C(Nc1ccccc1)N[C@H](c1ccc(Cl)cc1)c1nnc(-c2ccccc2)o1. The number of hydrogen-bond donors (Lipinski definition) is 2. The number of halogens is 1. The van der Waals surface area contributed by atoms with Gasteiger partial charge in [0.05, 0.1) is 0 Å². The molecule has 0 radical (unpaired) electrons. The molecule has 7 heteroatoms. The Hall–Kier alpha value is -3.64. The van der Waals surface area contributed by atoms with E-state index in [2.05, 4.69) is 20.8 Å². The predicted octanol–water partition coefficient (Wildman–Crippen LogP) is 5.30. The summed E-state index contributed by atoms with van der Waals surface area (Å²) < 4.78 is 5.87. The standard InChI is InChI=1S/C22H17ClN4O2/c23-17-13-11-15(12-14-17)19(25-22(28)24-18-9-5-2-6-10-18)21-27-26-20(29-21)16-7-3-1-4-8-16/h1-14,19H,(H2,24,25,28)/t19-/m1/s1. The minimum atomic E-state index is -0.638. The van der Waals surface area contributed by atoms with E-state index in [0.29, 0.717) is 16.6 Å². The average Bonchev–Trinajstić information content (AvgIpc) is 3.24.